The molecule has 2 aromatic heterocycles. The van der Waals surface area contributed by atoms with E-state index >= 15 is 4.39 Å². The maximum absolute atomic E-state index is 15.4. The lowest BCUT2D eigenvalue weighted by molar-refractivity contribution is 0.126. The maximum Gasteiger partial charge on any atom is 0.414 e. The second-order valence-corrected chi connectivity index (χ2v) is 8.79. The van der Waals surface area contributed by atoms with E-state index in [2.05, 4.69) is 26.7 Å². The van der Waals surface area contributed by atoms with Crippen LogP contribution in [0.25, 0.3) is 11.1 Å². The zero-order chi connectivity index (χ0) is 23.4. The van der Waals surface area contributed by atoms with Gasteiger partial charge in [0.15, 0.2) is 0 Å². The van der Waals surface area contributed by atoms with Crippen molar-refractivity contribution in [3.63, 3.8) is 0 Å². The molecule has 1 aromatic carbocycles. The van der Waals surface area contributed by atoms with E-state index < -0.39 is 29.4 Å². The second kappa shape index (κ2) is 8.55. The minimum absolute atomic E-state index is 0. The summed E-state index contributed by atoms with van der Waals surface area (Å²) < 4.78 is 35.3. The number of carbonyl (C=O) groups excluding carboxylic acids is 1. The molecule has 35 heavy (non-hydrogen) atoms. The van der Waals surface area contributed by atoms with Crippen molar-refractivity contribution in [1.29, 1.82) is 5.26 Å². The first-order chi connectivity index (χ1) is 16.5. The lowest BCUT2D eigenvalue weighted by Gasteiger charge is -2.19. The number of nitrogens with zero attached hydrogens (tertiary/aromatic N) is 6. The van der Waals surface area contributed by atoms with Gasteiger partial charge in [0.05, 0.1) is 30.3 Å². The van der Waals surface area contributed by atoms with Crippen LogP contribution in [0, 0.1) is 34.9 Å². The molecule has 1 amide bonds. The summed E-state index contributed by atoms with van der Waals surface area (Å²) >= 11 is 0. The van der Waals surface area contributed by atoms with Gasteiger partial charge in [-0.2, -0.15) is 9.65 Å². The van der Waals surface area contributed by atoms with Crippen LogP contribution in [0.2, 0.25) is 0 Å². The largest absolute Gasteiger partial charge is 0.442 e. The molecular weight excluding hydrogens is 480 g/mol. The number of nitrogens with one attached hydrogen (secondary N) is 1. The molecule has 3 atom stereocenters. The monoisotopic (exact) mass is 499 g/mol. The molecule has 2 unspecified atom stereocenters. The fourth-order valence-corrected chi connectivity index (χ4v) is 5.41. The third-order valence-electron chi connectivity index (χ3n) is 7.10. The summed E-state index contributed by atoms with van der Waals surface area (Å²) in [6.45, 7) is 1.64. The third-order valence-corrected chi connectivity index (χ3v) is 7.10. The number of halogens is 3. The van der Waals surface area contributed by atoms with Crippen molar-refractivity contribution in [3.8, 4) is 17.2 Å². The number of amides is 1. The van der Waals surface area contributed by atoms with E-state index in [0.29, 0.717) is 16.8 Å². The van der Waals surface area contributed by atoms with Crippen LogP contribution in [0.1, 0.15) is 5.56 Å². The van der Waals surface area contributed by atoms with Gasteiger partial charge in [0.1, 0.15) is 18.1 Å². The minimum atomic E-state index is -0.658. The molecule has 0 bridgehead atoms. The number of cyclic esters (lactones) is 1. The topological polar surface area (TPSA) is 109 Å². The van der Waals surface area contributed by atoms with Crippen molar-refractivity contribution >= 4 is 24.2 Å². The zero-order valence-corrected chi connectivity index (χ0v) is 19.1. The van der Waals surface area contributed by atoms with Gasteiger partial charge in [0, 0.05) is 48.4 Å². The quantitative estimate of drug-likeness (QED) is 0.575. The van der Waals surface area contributed by atoms with Crippen LogP contribution in [0.15, 0.2) is 42.9 Å². The van der Waals surface area contributed by atoms with Crippen molar-refractivity contribution in [3.05, 3.63) is 60.2 Å². The van der Waals surface area contributed by atoms with E-state index in [1.165, 1.54) is 11.0 Å². The molecule has 1 N–H and O–H groups in total. The molecule has 3 aliphatic rings. The Labute approximate surface area is 205 Å². The maximum atomic E-state index is 15.4. The van der Waals surface area contributed by atoms with Crippen LogP contribution in [0.4, 0.5) is 19.3 Å². The Hall–Kier alpha value is -3.62. The van der Waals surface area contributed by atoms with Crippen LogP contribution in [-0.2, 0) is 16.7 Å². The lowest BCUT2D eigenvalue weighted by atomic mass is 9.86. The molecule has 4 heterocycles. The molecule has 0 spiro atoms. The molecule has 9 nitrogen and oxygen atoms in total. The number of pyridine rings is 1. The Morgan fingerprint density at radius 1 is 1.20 bits per heavy atom. The number of rotatable bonds is 5. The first-order valence-electron chi connectivity index (χ1n) is 10.9. The van der Waals surface area contributed by atoms with Crippen molar-refractivity contribution < 1.29 is 18.3 Å². The Morgan fingerprint density at radius 3 is 2.69 bits per heavy atom. The standard InChI is InChI=1S/C23H19F2N7O2.ClH/c24-20-5-13(31-10-14(34-22(31)33)11-32-21(25)9-29-30-32)1-2-15(20)16-6-27-4-3-17(16)23(12-26)18-7-28-8-19(18)23;/h1-6,9,14,18-19,28H,7-8,10-11H2;1H/t14-,18?,19?,23?;/m1./s1. The number of fused-ring (bicyclic) bond motifs is 1. The van der Waals surface area contributed by atoms with E-state index in [9.17, 15) is 14.4 Å². The van der Waals surface area contributed by atoms with Crippen LogP contribution in [-0.4, -0.2) is 51.8 Å². The predicted molar refractivity (Wildman–Crippen MR) is 122 cm³/mol. The number of ether oxygens (including phenoxy) is 1. The number of anilines is 1. The van der Waals surface area contributed by atoms with Crippen LogP contribution < -0.4 is 10.2 Å². The van der Waals surface area contributed by atoms with Gasteiger partial charge in [0.25, 0.3) is 0 Å². The average molecular weight is 500 g/mol. The molecule has 1 aliphatic carbocycles. The van der Waals surface area contributed by atoms with E-state index in [0.717, 1.165) is 29.5 Å². The van der Waals surface area contributed by atoms with Gasteiger partial charge < -0.3 is 10.1 Å². The molecule has 180 valence electrons. The van der Waals surface area contributed by atoms with Crippen molar-refractivity contribution in [2.75, 3.05) is 24.5 Å². The van der Waals surface area contributed by atoms with Crippen molar-refractivity contribution in [2.24, 2.45) is 11.8 Å². The molecule has 2 aliphatic heterocycles. The number of hydrogen-bond donors (Lipinski definition) is 1. The van der Waals surface area contributed by atoms with Crippen molar-refractivity contribution in [2.45, 2.75) is 18.1 Å². The SMILES string of the molecule is Cl.N#CC1(c2ccncc2-c2ccc(N3C[C@H](Cn4nncc4F)OC3=O)cc2F)C2CNCC21. The highest BCUT2D eigenvalue weighted by Crippen LogP contribution is 2.62. The fraction of sp³-hybridized carbons (Fsp3) is 0.348. The van der Waals surface area contributed by atoms with Crippen LogP contribution in [0.3, 0.4) is 0 Å². The Morgan fingerprint density at radius 2 is 2.00 bits per heavy atom. The van der Waals surface area contributed by atoms with E-state index in [1.54, 1.807) is 30.6 Å². The van der Waals surface area contributed by atoms with Gasteiger partial charge in [-0.15, -0.1) is 17.5 Å². The molecule has 12 heteroatoms. The number of aromatic nitrogens is 4. The Kier molecular flexibility index (Phi) is 5.65. The first kappa shape index (κ1) is 23.1. The summed E-state index contributed by atoms with van der Waals surface area (Å²) in [5, 5.41) is 20.4. The molecule has 3 aromatic rings. The number of piperidine rings is 1. The summed E-state index contributed by atoms with van der Waals surface area (Å²) in [7, 11) is 0. The predicted octanol–water partition coefficient (Wildman–Crippen LogP) is 2.68. The molecule has 1 saturated carbocycles. The van der Waals surface area contributed by atoms with Gasteiger partial charge >= 0.3 is 6.09 Å². The number of carbonyl (C=O) groups is 1. The first-order valence-corrected chi connectivity index (χ1v) is 10.9. The van der Waals surface area contributed by atoms with Gasteiger partial charge in [0.2, 0.25) is 5.95 Å². The molecular formula is C23H20ClF2N7O2. The highest BCUT2D eigenvalue weighted by molar-refractivity contribution is 5.90. The number of benzene rings is 1. The number of nitriles is 1. The van der Waals surface area contributed by atoms with Crippen LogP contribution in [0.5, 0.6) is 0 Å². The van der Waals surface area contributed by atoms with Crippen LogP contribution >= 0.6 is 12.4 Å². The van der Waals surface area contributed by atoms with Crippen molar-refractivity contribution in [1.82, 2.24) is 25.3 Å². The highest BCUT2D eigenvalue weighted by Gasteiger charge is 2.68. The Bertz CT molecular complexity index is 1330. The highest BCUT2D eigenvalue weighted by atomic mass is 35.5. The fourth-order valence-electron chi connectivity index (χ4n) is 5.41. The van der Waals surface area contributed by atoms with E-state index in [4.69, 9.17) is 4.74 Å². The summed E-state index contributed by atoms with van der Waals surface area (Å²) in [5.74, 6) is -0.774. The Balaban J connectivity index is 0.00000253. The van der Waals surface area contributed by atoms with Gasteiger partial charge in [-0.25, -0.2) is 13.9 Å². The molecule has 6 rings (SSSR count). The molecule has 3 fully saturated rings. The van der Waals surface area contributed by atoms with E-state index in [1.807, 2.05) is 0 Å². The summed E-state index contributed by atoms with van der Waals surface area (Å²) in [4.78, 5) is 17.9. The lowest BCUT2D eigenvalue weighted by Crippen LogP contribution is -2.26. The zero-order valence-electron chi connectivity index (χ0n) is 18.3. The van der Waals surface area contributed by atoms with Gasteiger partial charge in [-0.1, -0.05) is 5.21 Å². The number of hydrogen-bond acceptors (Lipinski definition) is 7. The smallest absolute Gasteiger partial charge is 0.414 e. The average Bonchev–Trinajstić information content (AvgIpc) is 3.29. The summed E-state index contributed by atoms with van der Waals surface area (Å²) in [6.07, 6.45) is 2.87. The third kappa shape index (κ3) is 3.52. The molecule has 0 radical (unpaired) electrons. The van der Waals surface area contributed by atoms with Gasteiger partial charge in [-0.3, -0.25) is 9.88 Å². The normalized spacial score (nSPS) is 26.6. The van der Waals surface area contributed by atoms with E-state index in [-0.39, 0.29) is 37.3 Å². The molecule has 2 saturated heterocycles. The van der Waals surface area contributed by atoms with Gasteiger partial charge in [-0.05, 0) is 29.8 Å². The second-order valence-electron chi connectivity index (χ2n) is 8.79. The minimum Gasteiger partial charge on any atom is -0.442 e. The summed E-state index contributed by atoms with van der Waals surface area (Å²) in [5.41, 5.74) is 1.35. The summed E-state index contributed by atoms with van der Waals surface area (Å²) in [6, 6.07) is 8.77.